The van der Waals surface area contributed by atoms with Gasteiger partial charge < -0.3 is 0 Å². The number of fused-ring (bicyclic) bond motifs is 3. The minimum Gasteiger partial charge on any atom is -0.296 e. The lowest BCUT2D eigenvalue weighted by Crippen LogP contribution is -2.40. The van der Waals surface area contributed by atoms with Gasteiger partial charge in [-0.25, -0.2) is 19.2 Å². The van der Waals surface area contributed by atoms with Crippen LogP contribution in [0.5, 0.6) is 0 Å². The topological polar surface area (TPSA) is 175 Å². The molecule has 0 unspecified atom stereocenters. The standard InChI is InChI=1S/C14H16N2O2.C12H14N2O2.C11H12N2O2.C9H10N2O2S.2C2H6.CH4/c1-10(2)16-13(17)8-9-15(14(16)18)12-6-4-11(3)5-7-12;1-8(2)14-11(15)9-6-4-5-7-10(9)13(3)12(14)16;1-8(2)13-10(14)7-9-5-3-4-6-12(9)11(13)15;1-6(2)11-7(12)5-8-10(9(11)13)3-4-14-8;2*1-2;/h4-10H,1-3H3;4-8H,1-3H3;3-8H,1-2H3;3-6H,1-2H3;2*1-2H3;1H4. The molecule has 0 atom stereocenters. The van der Waals surface area contributed by atoms with E-state index in [2.05, 4.69) is 0 Å². The monoisotopic (exact) mass is 952 g/mol. The van der Waals surface area contributed by atoms with E-state index in [0.717, 1.165) is 11.3 Å². The molecule has 0 aliphatic rings. The van der Waals surface area contributed by atoms with Crippen molar-refractivity contribution in [1.29, 1.82) is 0 Å². The molecule has 0 saturated carbocycles. The highest BCUT2D eigenvalue weighted by Gasteiger charge is 2.13. The van der Waals surface area contributed by atoms with Gasteiger partial charge in [0.1, 0.15) is 4.83 Å². The van der Waals surface area contributed by atoms with Crippen molar-refractivity contribution in [2.45, 2.75) is 122 Å². The highest BCUT2D eigenvalue weighted by Crippen LogP contribution is 2.09. The highest BCUT2D eigenvalue weighted by atomic mass is 32.1. The van der Waals surface area contributed by atoms with Crippen LogP contribution in [-0.4, -0.2) is 36.2 Å². The van der Waals surface area contributed by atoms with E-state index >= 15 is 0 Å². The maximum atomic E-state index is 12.2. The number of rotatable bonds is 5. The third kappa shape index (κ3) is 12.8. The first-order valence-electron chi connectivity index (χ1n) is 22.3. The molecule has 0 saturated heterocycles. The number of aryl methyl sites for hydroxylation is 2. The van der Waals surface area contributed by atoms with Crippen molar-refractivity contribution in [2.75, 3.05) is 0 Å². The molecule has 8 aromatic rings. The Labute approximate surface area is 399 Å². The Bertz CT molecular complexity index is 3410. The first-order chi connectivity index (χ1) is 31.8. The van der Waals surface area contributed by atoms with Crippen LogP contribution in [0.3, 0.4) is 0 Å². The highest BCUT2D eigenvalue weighted by molar-refractivity contribution is 7.15. The summed E-state index contributed by atoms with van der Waals surface area (Å²) in [7, 11) is 1.68. The predicted octanol–water partition coefficient (Wildman–Crippen LogP) is 8.00. The molecular formula is C51H68N8O8S. The van der Waals surface area contributed by atoms with E-state index in [4.69, 9.17) is 0 Å². The van der Waals surface area contributed by atoms with Crippen molar-refractivity contribution in [3.63, 3.8) is 0 Å². The normalized spacial score (nSPS) is 10.5. The molecule has 6 heterocycles. The van der Waals surface area contributed by atoms with Crippen LogP contribution in [0.25, 0.3) is 26.9 Å². The molecule has 6 aromatic heterocycles. The van der Waals surface area contributed by atoms with E-state index in [1.807, 2.05) is 120 Å². The third-order valence-corrected chi connectivity index (χ3v) is 10.8. The lowest BCUT2D eigenvalue weighted by Gasteiger charge is -2.12. The van der Waals surface area contributed by atoms with Gasteiger partial charge in [0.25, 0.3) is 22.2 Å². The zero-order valence-electron chi connectivity index (χ0n) is 41.0. The number of para-hydroxylation sites is 1. The molecule has 0 radical (unpaired) electrons. The van der Waals surface area contributed by atoms with E-state index in [0.29, 0.717) is 21.3 Å². The molecule has 2 aromatic carbocycles. The van der Waals surface area contributed by atoms with Crippen LogP contribution in [0.4, 0.5) is 0 Å². The van der Waals surface area contributed by atoms with Gasteiger partial charge in [0.2, 0.25) is 0 Å². The van der Waals surface area contributed by atoms with Gasteiger partial charge in [-0.15, -0.1) is 11.3 Å². The van der Waals surface area contributed by atoms with Crippen LogP contribution in [0.1, 0.15) is 120 Å². The van der Waals surface area contributed by atoms with E-state index in [1.54, 1.807) is 61.2 Å². The summed E-state index contributed by atoms with van der Waals surface area (Å²) in [4.78, 5) is 95.6. The Morgan fingerprint density at radius 2 is 0.985 bits per heavy atom. The van der Waals surface area contributed by atoms with Crippen LogP contribution in [0.2, 0.25) is 0 Å². The zero-order chi connectivity index (χ0) is 50.4. The van der Waals surface area contributed by atoms with E-state index in [9.17, 15) is 38.4 Å². The average Bonchev–Trinajstić information content (AvgIpc) is 3.77. The maximum absolute atomic E-state index is 12.2. The van der Waals surface area contributed by atoms with Crippen LogP contribution < -0.4 is 45.0 Å². The lowest BCUT2D eigenvalue weighted by atomic mass is 10.2. The first kappa shape index (κ1) is 57.0. The van der Waals surface area contributed by atoms with Crippen LogP contribution >= 0.6 is 11.3 Å². The minimum atomic E-state index is -0.304. The van der Waals surface area contributed by atoms with Gasteiger partial charge in [-0.1, -0.05) is 71.0 Å². The Kier molecular flexibility index (Phi) is 21.5. The van der Waals surface area contributed by atoms with Gasteiger partial charge in [0.05, 0.1) is 22.1 Å². The summed E-state index contributed by atoms with van der Waals surface area (Å²) in [5, 5.41) is 2.37. The first-order valence-corrected chi connectivity index (χ1v) is 23.2. The third-order valence-electron chi connectivity index (χ3n) is 9.95. The van der Waals surface area contributed by atoms with Gasteiger partial charge in [-0.2, -0.15) is 0 Å². The van der Waals surface area contributed by atoms with Crippen molar-refractivity contribution >= 4 is 32.6 Å². The molecular weight excluding hydrogens is 885 g/mol. The fourth-order valence-electron chi connectivity index (χ4n) is 6.80. The Hall–Kier alpha value is -7.14. The van der Waals surface area contributed by atoms with E-state index in [1.165, 1.54) is 71.9 Å². The fraction of sp³-hybridized carbons (Fsp3) is 0.373. The molecule has 68 heavy (non-hydrogen) atoms. The van der Waals surface area contributed by atoms with Crippen molar-refractivity contribution in [2.24, 2.45) is 7.05 Å². The number of pyridine rings is 1. The molecule has 0 fully saturated rings. The number of benzene rings is 2. The summed E-state index contributed by atoms with van der Waals surface area (Å²) < 4.78 is 11.0. The molecule has 0 spiro atoms. The van der Waals surface area contributed by atoms with Crippen LogP contribution in [0, 0.1) is 6.92 Å². The average molecular weight is 953 g/mol. The van der Waals surface area contributed by atoms with Crippen molar-refractivity contribution < 1.29 is 0 Å². The quantitative estimate of drug-likeness (QED) is 0.167. The number of nitrogens with zero attached hydrogens (tertiary/aromatic N) is 8. The van der Waals surface area contributed by atoms with Gasteiger partial charge >= 0.3 is 22.8 Å². The second-order valence-electron chi connectivity index (χ2n) is 15.8. The van der Waals surface area contributed by atoms with Crippen molar-refractivity contribution in [3.05, 3.63) is 198 Å². The summed E-state index contributed by atoms with van der Waals surface area (Å²) in [6, 6.07) is 23.9. The molecule has 8 rings (SSSR count). The summed E-state index contributed by atoms with van der Waals surface area (Å²) >= 11 is 1.39. The lowest BCUT2D eigenvalue weighted by molar-refractivity contribution is 0.532. The number of hydrogen-bond donors (Lipinski definition) is 0. The number of hydrogen-bond acceptors (Lipinski definition) is 9. The van der Waals surface area contributed by atoms with Gasteiger partial charge in [-0.3, -0.25) is 55.4 Å². The summed E-state index contributed by atoms with van der Waals surface area (Å²) in [5.41, 5.74) is 1.13. The van der Waals surface area contributed by atoms with E-state index in [-0.39, 0.29) is 76.6 Å². The predicted molar refractivity (Wildman–Crippen MR) is 279 cm³/mol. The van der Waals surface area contributed by atoms with Crippen molar-refractivity contribution in [1.82, 2.24) is 36.2 Å². The summed E-state index contributed by atoms with van der Waals surface area (Å²) in [6.45, 7) is 24.6. The largest absolute Gasteiger partial charge is 0.336 e. The number of thiazole rings is 1. The molecule has 16 nitrogen and oxygen atoms in total. The Morgan fingerprint density at radius 3 is 1.54 bits per heavy atom. The smallest absolute Gasteiger partial charge is 0.296 e. The van der Waals surface area contributed by atoms with Crippen molar-refractivity contribution in [3.8, 4) is 5.69 Å². The summed E-state index contributed by atoms with van der Waals surface area (Å²) in [6.07, 6.45) is 4.87. The van der Waals surface area contributed by atoms with Crippen LogP contribution in [-0.2, 0) is 7.05 Å². The van der Waals surface area contributed by atoms with Crippen LogP contribution in [0.15, 0.2) is 147 Å². The Morgan fingerprint density at radius 1 is 0.485 bits per heavy atom. The minimum absolute atomic E-state index is 0. The zero-order valence-corrected chi connectivity index (χ0v) is 41.8. The Balaban J connectivity index is 0.000000303. The van der Waals surface area contributed by atoms with Gasteiger partial charge in [-0.05, 0) is 98.7 Å². The molecule has 0 N–H and O–H groups in total. The van der Waals surface area contributed by atoms with Gasteiger partial charge in [0, 0.05) is 73.4 Å². The molecule has 366 valence electrons. The fourth-order valence-corrected chi connectivity index (χ4v) is 7.54. The number of aromatic nitrogens is 8. The second kappa shape index (κ2) is 25.7. The summed E-state index contributed by atoms with van der Waals surface area (Å²) in [5.74, 6) is 0. The molecule has 0 aliphatic carbocycles. The van der Waals surface area contributed by atoms with E-state index < -0.39 is 0 Å². The molecule has 0 aliphatic heterocycles. The molecule has 17 heteroatoms. The molecule has 0 amide bonds. The van der Waals surface area contributed by atoms with Gasteiger partial charge in [0.15, 0.2) is 0 Å². The molecule has 0 bridgehead atoms. The second-order valence-corrected chi connectivity index (χ2v) is 16.7. The maximum Gasteiger partial charge on any atom is 0.336 e. The SMILES string of the molecule is C.CC.CC.CC(C)n1c(=O)c2ccccc2n(C)c1=O.CC(C)n1c(=O)cc2ccccn2c1=O.CC(C)n1c(=O)cc2sccn2c1=O.Cc1ccc(-n2ccc(=O)n(C(C)C)c2=O)cc1.